The van der Waals surface area contributed by atoms with Crippen molar-refractivity contribution in [2.45, 2.75) is 45.6 Å². The Balaban J connectivity index is 1.85. The smallest absolute Gasteiger partial charge is 0.220 e. The van der Waals surface area contributed by atoms with Crippen LogP contribution in [0.15, 0.2) is 0 Å². The fourth-order valence-corrected chi connectivity index (χ4v) is 5.78. The third-order valence-corrected chi connectivity index (χ3v) is 7.25. The summed E-state index contributed by atoms with van der Waals surface area (Å²) in [6.07, 6.45) is 3.14. The summed E-state index contributed by atoms with van der Waals surface area (Å²) in [4.78, 5) is 14.7. The molecule has 2 aliphatic heterocycles. The van der Waals surface area contributed by atoms with Gasteiger partial charge in [-0.2, -0.15) is 0 Å². The first kappa shape index (κ1) is 19.7. The number of carbonyl (C=O) groups excluding carboxylic acids is 1. The van der Waals surface area contributed by atoms with E-state index in [1.54, 1.807) is 0 Å². The first-order valence-corrected chi connectivity index (χ1v) is 11.1. The molecule has 0 aromatic rings. The zero-order valence-corrected chi connectivity index (χ0v) is 15.8. The molecule has 2 fully saturated rings. The van der Waals surface area contributed by atoms with E-state index in [1.807, 2.05) is 0 Å². The van der Waals surface area contributed by atoms with E-state index >= 15 is 0 Å². The predicted molar refractivity (Wildman–Crippen MR) is 94.6 cm³/mol. The van der Waals surface area contributed by atoms with Gasteiger partial charge >= 0.3 is 0 Å². The van der Waals surface area contributed by atoms with Crippen LogP contribution in [-0.2, 0) is 19.4 Å². The highest BCUT2D eigenvalue weighted by Crippen LogP contribution is 2.22. The van der Waals surface area contributed by atoms with Crippen LogP contribution in [0.2, 0.25) is 0 Å². The van der Waals surface area contributed by atoms with Crippen LogP contribution in [0.4, 0.5) is 0 Å². The number of rotatable bonds is 8. The molecular weight excluding hydrogens is 328 g/mol. The summed E-state index contributed by atoms with van der Waals surface area (Å²) in [5.41, 5.74) is 0. The standard InChI is InChI=1S/C17H32N2O4S/c1-3-15(4-2)16(19-6-8-23-9-7-19)12-18-17(20)11-14-5-10-24(21,22)13-14/h14-16H,3-13H2,1-2H3,(H,18,20). The van der Waals surface area contributed by atoms with Crippen LogP contribution in [0.5, 0.6) is 0 Å². The van der Waals surface area contributed by atoms with E-state index < -0.39 is 9.84 Å². The highest BCUT2D eigenvalue weighted by Gasteiger charge is 2.31. The monoisotopic (exact) mass is 360 g/mol. The molecule has 0 spiro atoms. The first-order valence-electron chi connectivity index (χ1n) is 9.24. The van der Waals surface area contributed by atoms with E-state index in [-0.39, 0.29) is 23.3 Å². The molecule has 0 radical (unpaired) electrons. The van der Waals surface area contributed by atoms with E-state index in [4.69, 9.17) is 4.74 Å². The molecule has 0 saturated carbocycles. The van der Waals surface area contributed by atoms with E-state index in [1.165, 1.54) is 0 Å². The number of morpholine rings is 1. The fourth-order valence-electron chi connectivity index (χ4n) is 3.92. The molecule has 0 aromatic heterocycles. The lowest BCUT2D eigenvalue weighted by Gasteiger charge is -2.38. The second-order valence-corrected chi connectivity index (χ2v) is 9.30. The van der Waals surface area contributed by atoms with Gasteiger partial charge in [0.05, 0.1) is 24.7 Å². The molecule has 7 heteroatoms. The molecule has 2 saturated heterocycles. The summed E-state index contributed by atoms with van der Waals surface area (Å²) >= 11 is 0. The van der Waals surface area contributed by atoms with Gasteiger partial charge in [0.15, 0.2) is 9.84 Å². The lowest BCUT2D eigenvalue weighted by atomic mass is 9.92. The number of nitrogens with zero attached hydrogens (tertiary/aromatic N) is 1. The van der Waals surface area contributed by atoms with Crippen molar-refractivity contribution in [2.24, 2.45) is 11.8 Å². The number of sulfone groups is 1. The Labute approximate surface area is 146 Å². The van der Waals surface area contributed by atoms with Crippen molar-refractivity contribution in [2.75, 3.05) is 44.4 Å². The van der Waals surface area contributed by atoms with Crippen LogP contribution < -0.4 is 5.32 Å². The van der Waals surface area contributed by atoms with Gasteiger partial charge in [-0.1, -0.05) is 26.7 Å². The summed E-state index contributed by atoms with van der Waals surface area (Å²) in [5, 5.41) is 3.07. The Hall–Kier alpha value is -0.660. The van der Waals surface area contributed by atoms with Gasteiger partial charge in [-0.3, -0.25) is 9.69 Å². The Morgan fingerprint density at radius 1 is 1.25 bits per heavy atom. The topological polar surface area (TPSA) is 75.7 Å². The highest BCUT2D eigenvalue weighted by atomic mass is 32.2. The van der Waals surface area contributed by atoms with Gasteiger partial charge in [-0.25, -0.2) is 8.42 Å². The molecular formula is C17H32N2O4S. The molecule has 2 unspecified atom stereocenters. The van der Waals surface area contributed by atoms with Crippen molar-refractivity contribution in [3.05, 3.63) is 0 Å². The highest BCUT2D eigenvalue weighted by molar-refractivity contribution is 7.91. The predicted octanol–water partition coefficient (Wildman–Crippen LogP) is 1.06. The molecule has 1 N–H and O–H groups in total. The molecule has 140 valence electrons. The second kappa shape index (κ2) is 9.15. The average Bonchev–Trinajstić information content (AvgIpc) is 2.90. The Bertz CT molecular complexity index is 499. The number of carbonyl (C=O) groups is 1. The molecule has 1 amide bonds. The van der Waals surface area contributed by atoms with Crippen LogP contribution in [0, 0.1) is 11.8 Å². The quantitative estimate of drug-likeness (QED) is 0.701. The minimum absolute atomic E-state index is 0.00927. The molecule has 0 aliphatic carbocycles. The van der Waals surface area contributed by atoms with Gasteiger partial charge in [0.2, 0.25) is 5.91 Å². The average molecular weight is 361 g/mol. The van der Waals surface area contributed by atoms with Crippen molar-refractivity contribution in [3.63, 3.8) is 0 Å². The summed E-state index contributed by atoms with van der Waals surface area (Å²) < 4.78 is 28.5. The molecule has 2 rings (SSSR count). The largest absolute Gasteiger partial charge is 0.379 e. The molecule has 6 nitrogen and oxygen atoms in total. The SMILES string of the molecule is CCC(CC)C(CNC(=O)CC1CCS(=O)(=O)C1)N1CCOCC1. The van der Waals surface area contributed by atoms with Crippen LogP contribution in [0.1, 0.15) is 39.5 Å². The maximum Gasteiger partial charge on any atom is 0.220 e. The molecule has 0 aromatic carbocycles. The van der Waals surface area contributed by atoms with Gasteiger partial charge in [0.1, 0.15) is 0 Å². The number of hydrogen-bond acceptors (Lipinski definition) is 5. The summed E-state index contributed by atoms with van der Waals surface area (Å²) in [6, 6.07) is 0.333. The maximum absolute atomic E-state index is 12.2. The molecule has 0 bridgehead atoms. The lowest BCUT2D eigenvalue weighted by molar-refractivity contribution is -0.122. The molecule has 2 heterocycles. The number of hydrogen-bond donors (Lipinski definition) is 1. The van der Waals surface area contributed by atoms with Crippen molar-refractivity contribution in [1.29, 1.82) is 0 Å². The first-order chi connectivity index (χ1) is 11.4. The summed E-state index contributed by atoms with van der Waals surface area (Å²) in [6.45, 7) is 8.38. The zero-order valence-electron chi connectivity index (χ0n) is 15.0. The second-order valence-electron chi connectivity index (χ2n) is 7.07. The number of amides is 1. The minimum atomic E-state index is -2.91. The van der Waals surface area contributed by atoms with Gasteiger partial charge in [-0.15, -0.1) is 0 Å². The minimum Gasteiger partial charge on any atom is -0.379 e. The number of ether oxygens (including phenoxy) is 1. The summed E-state index contributed by atoms with van der Waals surface area (Å²) in [5.74, 6) is 0.927. The molecule has 24 heavy (non-hydrogen) atoms. The summed E-state index contributed by atoms with van der Waals surface area (Å²) in [7, 11) is -2.91. The van der Waals surface area contributed by atoms with E-state index in [0.717, 1.165) is 39.1 Å². The van der Waals surface area contributed by atoms with Gasteiger partial charge in [0, 0.05) is 32.1 Å². The van der Waals surface area contributed by atoms with E-state index in [9.17, 15) is 13.2 Å². The fraction of sp³-hybridized carbons (Fsp3) is 0.941. The Kier molecular flexibility index (Phi) is 7.50. The van der Waals surface area contributed by atoms with Crippen LogP contribution >= 0.6 is 0 Å². The Morgan fingerprint density at radius 2 is 1.92 bits per heavy atom. The van der Waals surface area contributed by atoms with Gasteiger partial charge in [-0.05, 0) is 18.3 Å². The third kappa shape index (κ3) is 5.70. The normalized spacial score (nSPS) is 25.7. The Morgan fingerprint density at radius 3 is 2.46 bits per heavy atom. The zero-order chi connectivity index (χ0) is 17.6. The lowest BCUT2D eigenvalue weighted by Crippen LogP contribution is -2.52. The van der Waals surface area contributed by atoms with Crippen LogP contribution in [0.25, 0.3) is 0 Å². The van der Waals surface area contributed by atoms with Gasteiger partial charge in [0.25, 0.3) is 0 Å². The maximum atomic E-state index is 12.2. The van der Waals surface area contributed by atoms with Crippen molar-refractivity contribution < 1.29 is 17.9 Å². The van der Waals surface area contributed by atoms with Crippen molar-refractivity contribution >= 4 is 15.7 Å². The third-order valence-electron chi connectivity index (χ3n) is 5.42. The van der Waals surface area contributed by atoms with Crippen molar-refractivity contribution in [3.8, 4) is 0 Å². The molecule has 2 atom stereocenters. The van der Waals surface area contributed by atoms with Crippen LogP contribution in [0.3, 0.4) is 0 Å². The van der Waals surface area contributed by atoms with E-state index in [2.05, 4.69) is 24.1 Å². The van der Waals surface area contributed by atoms with Gasteiger partial charge < -0.3 is 10.1 Å². The van der Waals surface area contributed by atoms with E-state index in [0.29, 0.717) is 31.3 Å². The number of nitrogens with one attached hydrogen (secondary N) is 1. The van der Waals surface area contributed by atoms with Crippen molar-refractivity contribution in [1.82, 2.24) is 10.2 Å². The van der Waals surface area contributed by atoms with Crippen LogP contribution in [-0.4, -0.2) is 69.6 Å². The molecule has 2 aliphatic rings.